The van der Waals surface area contributed by atoms with Crippen LogP contribution in [-0.4, -0.2) is 41.9 Å². The maximum absolute atomic E-state index is 11.7. The van der Waals surface area contributed by atoms with Crippen LogP contribution in [-0.2, 0) is 4.79 Å². The van der Waals surface area contributed by atoms with Crippen LogP contribution in [0.3, 0.4) is 0 Å². The Hall–Kier alpha value is -2.04. The monoisotopic (exact) mass is 264 g/mol. The number of carbonyl (C=O) groups excluding carboxylic acids is 1. The highest BCUT2D eigenvalue weighted by molar-refractivity contribution is 6.02. The van der Waals surface area contributed by atoms with Gasteiger partial charge in [0, 0.05) is 19.2 Å². The predicted octanol–water partition coefficient (Wildman–Crippen LogP) is 2.13. The number of ether oxygens (including phenoxy) is 1. The van der Waals surface area contributed by atoms with Crippen LogP contribution in [0.1, 0.15) is 25.8 Å². The summed E-state index contributed by atoms with van der Waals surface area (Å²) < 4.78 is 5.52. The SMILES string of the molecule is CC/C(=N\O)c1ccccc1OCC(=O)N(C)CC. The zero-order valence-corrected chi connectivity index (χ0v) is 11.6. The van der Waals surface area contributed by atoms with E-state index in [1.165, 1.54) is 0 Å². The molecule has 1 rings (SSSR count). The van der Waals surface area contributed by atoms with Crippen molar-refractivity contribution in [2.45, 2.75) is 20.3 Å². The highest BCUT2D eigenvalue weighted by atomic mass is 16.5. The minimum atomic E-state index is -0.0868. The van der Waals surface area contributed by atoms with Crippen molar-refractivity contribution in [2.75, 3.05) is 20.2 Å². The summed E-state index contributed by atoms with van der Waals surface area (Å²) in [5.74, 6) is 0.464. The van der Waals surface area contributed by atoms with Crippen molar-refractivity contribution in [3.63, 3.8) is 0 Å². The third kappa shape index (κ3) is 3.98. The molecule has 1 N–H and O–H groups in total. The number of hydrogen-bond acceptors (Lipinski definition) is 4. The van der Waals surface area contributed by atoms with Gasteiger partial charge in [-0.3, -0.25) is 4.79 Å². The molecule has 0 radical (unpaired) electrons. The van der Waals surface area contributed by atoms with E-state index in [2.05, 4.69) is 5.16 Å². The van der Waals surface area contributed by atoms with Crippen LogP contribution in [0.5, 0.6) is 5.75 Å². The van der Waals surface area contributed by atoms with Crippen molar-refractivity contribution in [1.29, 1.82) is 0 Å². The molecule has 104 valence electrons. The number of hydrogen-bond donors (Lipinski definition) is 1. The molecule has 5 nitrogen and oxygen atoms in total. The molecule has 0 heterocycles. The highest BCUT2D eigenvalue weighted by Gasteiger charge is 2.12. The number of carbonyl (C=O) groups is 1. The van der Waals surface area contributed by atoms with Crippen molar-refractivity contribution < 1.29 is 14.7 Å². The smallest absolute Gasteiger partial charge is 0.260 e. The summed E-state index contributed by atoms with van der Waals surface area (Å²) in [5, 5.41) is 12.2. The third-order valence-corrected chi connectivity index (χ3v) is 2.90. The Morgan fingerprint density at radius 3 is 2.63 bits per heavy atom. The molecule has 5 heteroatoms. The highest BCUT2D eigenvalue weighted by Crippen LogP contribution is 2.20. The Morgan fingerprint density at radius 2 is 2.05 bits per heavy atom. The largest absolute Gasteiger partial charge is 0.483 e. The molecule has 0 bridgehead atoms. The number of rotatable bonds is 6. The molecule has 1 aromatic rings. The van der Waals surface area contributed by atoms with Gasteiger partial charge in [0.05, 0.1) is 5.71 Å². The van der Waals surface area contributed by atoms with E-state index in [1.54, 1.807) is 18.0 Å². The van der Waals surface area contributed by atoms with Gasteiger partial charge in [-0.05, 0) is 25.5 Å². The molecular weight excluding hydrogens is 244 g/mol. The fraction of sp³-hybridized carbons (Fsp3) is 0.429. The summed E-state index contributed by atoms with van der Waals surface area (Å²) in [6.45, 7) is 4.41. The van der Waals surface area contributed by atoms with Gasteiger partial charge in [-0.15, -0.1) is 0 Å². The first-order valence-electron chi connectivity index (χ1n) is 6.31. The van der Waals surface area contributed by atoms with Crippen molar-refractivity contribution >= 4 is 11.6 Å². The minimum Gasteiger partial charge on any atom is -0.483 e. The average molecular weight is 264 g/mol. The Kier molecular flexibility index (Phi) is 5.85. The second-order valence-corrected chi connectivity index (χ2v) is 4.09. The maximum atomic E-state index is 11.7. The maximum Gasteiger partial charge on any atom is 0.260 e. The summed E-state index contributed by atoms with van der Waals surface area (Å²) in [7, 11) is 1.73. The second-order valence-electron chi connectivity index (χ2n) is 4.09. The van der Waals surface area contributed by atoms with Crippen LogP contribution in [0.25, 0.3) is 0 Å². The molecule has 0 aliphatic carbocycles. The summed E-state index contributed by atoms with van der Waals surface area (Å²) in [6.07, 6.45) is 0.583. The van der Waals surface area contributed by atoms with E-state index >= 15 is 0 Å². The van der Waals surface area contributed by atoms with Gasteiger partial charge in [0.25, 0.3) is 5.91 Å². The fourth-order valence-corrected chi connectivity index (χ4v) is 1.57. The van der Waals surface area contributed by atoms with Crippen LogP contribution < -0.4 is 4.74 Å². The Morgan fingerprint density at radius 1 is 1.37 bits per heavy atom. The van der Waals surface area contributed by atoms with Crippen molar-refractivity contribution in [2.24, 2.45) is 5.16 Å². The van der Waals surface area contributed by atoms with Gasteiger partial charge < -0.3 is 14.8 Å². The normalized spacial score (nSPS) is 11.2. The number of para-hydroxylation sites is 1. The lowest BCUT2D eigenvalue weighted by Crippen LogP contribution is -2.31. The van der Waals surface area contributed by atoms with Gasteiger partial charge in [0.2, 0.25) is 0 Å². The fourth-order valence-electron chi connectivity index (χ4n) is 1.57. The lowest BCUT2D eigenvalue weighted by atomic mass is 10.1. The molecular formula is C14H20N2O3. The van der Waals surface area contributed by atoms with E-state index < -0.39 is 0 Å². The molecule has 0 saturated carbocycles. The summed E-state index contributed by atoms with van der Waals surface area (Å²) in [5.41, 5.74) is 1.24. The Labute approximate surface area is 113 Å². The predicted molar refractivity (Wildman–Crippen MR) is 73.9 cm³/mol. The topological polar surface area (TPSA) is 62.1 Å². The van der Waals surface area contributed by atoms with Gasteiger partial charge in [0.15, 0.2) is 6.61 Å². The van der Waals surface area contributed by atoms with Crippen LogP contribution in [0.4, 0.5) is 0 Å². The molecule has 0 atom stereocenters. The van der Waals surface area contributed by atoms with Crippen LogP contribution >= 0.6 is 0 Å². The lowest BCUT2D eigenvalue weighted by Gasteiger charge is -2.16. The van der Waals surface area contributed by atoms with E-state index in [0.717, 1.165) is 0 Å². The van der Waals surface area contributed by atoms with E-state index in [1.807, 2.05) is 32.0 Å². The Bertz CT molecular complexity index is 458. The zero-order valence-electron chi connectivity index (χ0n) is 11.6. The van der Waals surface area contributed by atoms with E-state index in [-0.39, 0.29) is 12.5 Å². The number of benzene rings is 1. The van der Waals surface area contributed by atoms with Crippen LogP contribution in [0, 0.1) is 0 Å². The molecule has 0 spiro atoms. The summed E-state index contributed by atoms with van der Waals surface area (Å²) >= 11 is 0. The van der Waals surface area contributed by atoms with Gasteiger partial charge in [-0.25, -0.2) is 0 Å². The van der Waals surface area contributed by atoms with Crippen LogP contribution in [0.2, 0.25) is 0 Å². The summed E-state index contributed by atoms with van der Waals surface area (Å²) in [4.78, 5) is 13.3. The van der Waals surface area contributed by atoms with Gasteiger partial charge >= 0.3 is 0 Å². The van der Waals surface area contributed by atoms with Crippen molar-refractivity contribution in [3.8, 4) is 5.75 Å². The first-order valence-corrected chi connectivity index (χ1v) is 6.31. The van der Waals surface area contributed by atoms with Gasteiger partial charge in [-0.2, -0.15) is 0 Å². The van der Waals surface area contributed by atoms with Gasteiger partial charge in [-0.1, -0.05) is 24.2 Å². The van der Waals surface area contributed by atoms with Crippen molar-refractivity contribution in [3.05, 3.63) is 29.8 Å². The molecule has 0 saturated heterocycles. The summed E-state index contributed by atoms with van der Waals surface area (Å²) in [6, 6.07) is 7.22. The van der Waals surface area contributed by atoms with E-state index in [4.69, 9.17) is 9.94 Å². The molecule has 0 aliphatic heterocycles. The quantitative estimate of drug-likeness (QED) is 0.486. The minimum absolute atomic E-state index is 0.0240. The molecule has 0 aliphatic rings. The molecule has 0 fully saturated rings. The van der Waals surface area contributed by atoms with E-state index in [0.29, 0.717) is 30.0 Å². The molecule has 19 heavy (non-hydrogen) atoms. The molecule has 1 amide bonds. The molecule has 1 aromatic carbocycles. The van der Waals surface area contributed by atoms with Gasteiger partial charge in [0.1, 0.15) is 5.75 Å². The average Bonchev–Trinajstić information content (AvgIpc) is 2.46. The first-order chi connectivity index (χ1) is 9.13. The zero-order chi connectivity index (χ0) is 14.3. The number of oxime groups is 1. The number of amides is 1. The number of nitrogens with zero attached hydrogens (tertiary/aromatic N) is 2. The van der Waals surface area contributed by atoms with Crippen molar-refractivity contribution in [1.82, 2.24) is 4.90 Å². The number of likely N-dealkylation sites (N-methyl/N-ethyl adjacent to an activating group) is 1. The second kappa shape index (κ2) is 7.41. The Balaban J connectivity index is 2.82. The third-order valence-electron chi connectivity index (χ3n) is 2.90. The molecule has 0 unspecified atom stereocenters. The molecule has 0 aromatic heterocycles. The standard InChI is InChI=1S/C14H20N2O3/c1-4-12(15-18)11-8-6-7-9-13(11)19-10-14(17)16(3)5-2/h6-9,18H,4-5,10H2,1-3H3/b15-12+. The van der Waals surface area contributed by atoms with Crippen LogP contribution in [0.15, 0.2) is 29.4 Å². The van der Waals surface area contributed by atoms with E-state index in [9.17, 15) is 4.79 Å². The first kappa shape index (κ1) is 15.0. The lowest BCUT2D eigenvalue weighted by molar-refractivity contribution is -0.131.